The molecule has 2 aromatic carbocycles. The molecule has 0 spiro atoms. The van der Waals surface area contributed by atoms with E-state index in [-0.39, 0.29) is 86.0 Å². The molecule has 17 heteroatoms. The van der Waals surface area contributed by atoms with Gasteiger partial charge in [-0.2, -0.15) is 0 Å². The second-order valence-corrected chi connectivity index (χ2v) is 25.3. The summed E-state index contributed by atoms with van der Waals surface area (Å²) in [5, 5.41) is 0. The van der Waals surface area contributed by atoms with Gasteiger partial charge in [-0.1, -0.05) is 282 Å². The van der Waals surface area contributed by atoms with Crippen LogP contribution in [0.2, 0.25) is 0 Å². The molecule has 2 aromatic rings. The SMILES string of the molecule is CCCCCCCCCCCCCCCCCCCCCCOC(=O)c1ccccc1C(=O)OCCCS(=O)(=O)[O-].CCCCCCCCCCCCCCCCCCCCCCOC(=O)c1ccccc1C(=O)OCCCS(=O)(=O)[O-].[Ca+2]. The van der Waals surface area contributed by atoms with E-state index in [4.69, 9.17) is 18.9 Å². The summed E-state index contributed by atoms with van der Waals surface area (Å²) in [5.74, 6) is -3.89. The van der Waals surface area contributed by atoms with Crippen LogP contribution in [0.15, 0.2) is 48.5 Å². The van der Waals surface area contributed by atoms with Crippen molar-refractivity contribution in [1.82, 2.24) is 0 Å². The second kappa shape index (κ2) is 55.9. The van der Waals surface area contributed by atoms with Gasteiger partial charge in [-0.25, -0.2) is 36.0 Å². The number of hydrogen-bond acceptors (Lipinski definition) is 14. The van der Waals surface area contributed by atoms with Gasteiger partial charge >= 0.3 is 61.6 Å². The van der Waals surface area contributed by atoms with Gasteiger partial charge in [0.1, 0.15) is 0 Å². The predicted molar refractivity (Wildman–Crippen MR) is 334 cm³/mol. The predicted octanol–water partition coefficient (Wildman–Crippen LogP) is 17.1. The Morgan fingerprint density at radius 2 is 0.446 bits per heavy atom. The molecule has 0 heterocycles. The van der Waals surface area contributed by atoms with Crippen LogP contribution in [0, 0.1) is 0 Å². The first kappa shape index (κ1) is 80.4. The normalized spacial score (nSPS) is 11.3. The third kappa shape index (κ3) is 50.1. The van der Waals surface area contributed by atoms with Crippen molar-refractivity contribution in [2.75, 3.05) is 37.9 Å². The van der Waals surface area contributed by atoms with Gasteiger partial charge in [0.2, 0.25) is 0 Å². The maximum absolute atomic E-state index is 12.5. The molecule has 0 N–H and O–H groups in total. The van der Waals surface area contributed by atoms with Crippen molar-refractivity contribution in [3.05, 3.63) is 70.8 Å². The first-order valence-electron chi connectivity index (χ1n) is 32.4. The van der Waals surface area contributed by atoms with Crippen molar-refractivity contribution in [3.63, 3.8) is 0 Å². The Kier molecular flexibility index (Phi) is 54.2. The number of ether oxygens (including phenoxy) is 4. The van der Waals surface area contributed by atoms with E-state index in [1.54, 1.807) is 24.3 Å². The molecule has 14 nitrogen and oxygen atoms in total. The average Bonchev–Trinajstić information content (AvgIpc) is 3.51. The molecule has 0 saturated heterocycles. The van der Waals surface area contributed by atoms with Crippen LogP contribution in [-0.4, -0.2) is 125 Å². The molecule has 0 radical (unpaired) electrons. The van der Waals surface area contributed by atoms with Gasteiger partial charge in [0.25, 0.3) is 0 Å². The number of hydrogen-bond donors (Lipinski definition) is 0. The number of rotatable bonds is 54. The summed E-state index contributed by atoms with van der Waals surface area (Å²) in [4.78, 5) is 49.6. The minimum absolute atomic E-state index is 0. The minimum Gasteiger partial charge on any atom is -0.748 e. The third-order valence-electron chi connectivity index (χ3n) is 14.7. The Balaban J connectivity index is 0.00000160. The molecule has 0 aliphatic carbocycles. The number of unbranched alkanes of at least 4 members (excludes halogenated alkanes) is 38. The van der Waals surface area contributed by atoms with E-state index in [0.717, 1.165) is 38.5 Å². The van der Waals surface area contributed by atoms with Crippen LogP contribution < -0.4 is 0 Å². The monoisotopic (exact) mass is 1230 g/mol. The van der Waals surface area contributed by atoms with E-state index in [9.17, 15) is 45.1 Å². The van der Waals surface area contributed by atoms with Gasteiger partial charge in [-0.3, -0.25) is 0 Å². The Morgan fingerprint density at radius 3 is 0.614 bits per heavy atom. The van der Waals surface area contributed by atoms with Crippen molar-refractivity contribution in [1.29, 1.82) is 0 Å². The van der Waals surface area contributed by atoms with E-state index in [2.05, 4.69) is 13.8 Å². The van der Waals surface area contributed by atoms with Crippen molar-refractivity contribution in [3.8, 4) is 0 Å². The minimum atomic E-state index is -4.36. The second-order valence-electron chi connectivity index (χ2n) is 22.3. The van der Waals surface area contributed by atoms with E-state index in [1.165, 1.54) is 243 Å². The van der Waals surface area contributed by atoms with Gasteiger partial charge < -0.3 is 28.1 Å². The Morgan fingerprint density at radius 1 is 0.289 bits per heavy atom. The fourth-order valence-electron chi connectivity index (χ4n) is 9.83. The fourth-order valence-corrected chi connectivity index (χ4v) is 10.8. The first-order chi connectivity index (χ1) is 39.7. The van der Waals surface area contributed by atoms with Crippen LogP contribution >= 0.6 is 0 Å². The van der Waals surface area contributed by atoms with Crippen LogP contribution in [0.1, 0.15) is 325 Å². The van der Waals surface area contributed by atoms with Gasteiger partial charge in [-0.15, -0.1) is 0 Å². The molecule has 0 atom stereocenters. The zero-order valence-corrected chi connectivity index (χ0v) is 55.6. The largest absolute Gasteiger partial charge is 2.00 e. The summed E-state index contributed by atoms with van der Waals surface area (Å²) >= 11 is 0. The molecule has 83 heavy (non-hydrogen) atoms. The van der Waals surface area contributed by atoms with Gasteiger partial charge in [0.15, 0.2) is 0 Å². The smallest absolute Gasteiger partial charge is 0.748 e. The van der Waals surface area contributed by atoms with E-state index in [1.807, 2.05) is 0 Å². The van der Waals surface area contributed by atoms with Gasteiger partial charge in [-0.05, 0) is 49.9 Å². The molecule has 0 fully saturated rings. The molecule has 0 bridgehead atoms. The molecule has 0 unspecified atom stereocenters. The van der Waals surface area contributed by atoms with Gasteiger partial charge in [0, 0.05) is 11.5 Å². The molecule has 2 rings (SSSR count). The molecule has 0 saturated carbocycles. The zero-order chi connectivity index (χ0) is 60.0. The summed E-state index contributed by atoms with van der Waals surface area (Å²) < 4.78 is 84.6. The van der Waals surface area contributed by atoms with Gasteiger partial charge in [0.05, 0.1) is 68.9 Å². The average molecular weight is 1230 g/mol. The van der Waals surface area contributed by atoms with Crippen LogP contribution in [-0.2, 0) is 39.2 Å². The molecule has 0 aliphatic heterocycles. The zero-order valence-electron chi connectivity index (χ0n) is 51.8. The van der Waals surface area contributed by atoms with Crippen molar-refractivity contribution in [2.45, 2.75) is 284 Å². The van der Waals surface area contributed by atoms with Crippen molar-refractivity contribution < 1.29 is 64.1 Å². The molecular formula is C66H110CaO14S2. The summed E-state index contributed by atoms with van der Waals surface area (Å²) in [7, 11) is -8.71. The van der Waals surface area contributed by atoms with E-state index in [0.29, 0.717) is 13.2 Å². The molecule has 0 aromatic heterocycles. The molecule has 0 amide bonds. The summed E-state index contributed by atoms with van der Waals surface area (Å²) in [6.45, 7) is 4.69. The number of benzene rings is 2. The Hall–Kier alpha value is -2.60. The Bertz CT molecular complexity index is 1990. The van der Waals surface area contributed by atoms with Crippen molar-refractivity contribution in [2.24, 2.45) is 0 Å². The summed E-state index contributed by atoms with van der Waals surface area (Å²) in [6, 6.07) is 12.4. The number of carbonyl (C=O) groups excluding carboxylic acids is 4. The maximum Gasteiger partial charge on any atom is 2.00 e. The fraction of sp³-hybridized carbons (Fsp3) is 0.758. The number of esters is 4. The summed E-state index contributed by atoms with van der Waals surface area (Å²) in [6.07, 6.45) is 52.1. The standard InChI is InChI=1S/2C33H56O7S.Ca/c2*1-2-3-4-5-6-7-8-9-10-11-12-13-14-15-16-17-18-19-20-23-27-39-32(34)30-25-21-22-26-31(30)33(35)40-28-24-29-41(36,37)38;/h2*21-22,25-26H,2-20,23-24,27-29H2,1H3,(H,36,37,38);/q;;+2/p-2. The van der Waals surface area contributed by atoms with Crippen LogP contribution in [0.3, 0.4) is 0 Å². The van der Waals surface area contributed by atoms with E-state index >= 15 is 0 Å². The van der Waals surface area contributed by atoms with Crippen LogP contribution in [0.4, 0.5) is 0 Å². The van der Waals surface area contributed by atoms with E-state index < -0.39 is 55.6 Å². The molecular weight excluding hydrogens is 1120 g/mol. The topological polar surface area (TPSA) is 220 Å². The summed E-state index contributed by atoms with van der Waals surface area (Å²) in [5.41, 5.74) is 0.348. The van der Waals surface area contributed by atoms with Crippen molar-refractivity contribution >= 4 is 81.9 Å². The first-order valence-corrected chi connectivity index (χ1v) is 35.6. The maximum atomic E-state index is 12.5. The number of carbonyl (C=O) groups is 4. The Labute approximate surface area is 534 Å². The molecule has 0 aliphatic rings. The quantitative estimate of drug-likeness (QED) is 0.0198. The molecule has 472 valence electrons. The van der Waals surface area contributed by atoms with Crippen LogP contribution in [0.25, 0.3) is 0 Å². The van der Waals surface area contributed by atoms with Crippen LogP contribution in [0.5, 0.6) is 0 Å². The third-order valence-corrected chi connectivity index (χ3v) is 16.3.